The third kappa shape index (κ3) is 8.05. The molecule has 0 unspecified atom stereocenters. The first-order valence-corrected chi connectivity index (χ1v) is 13.9. The first-order chi connectivity index (χ1) is 17.4. The molecule has 1 N–H and O–H groups in total. The molecule has 0 saturated carbocycles. The molecule has 0 aliphatic carbocycles. The summed E-state index contributed by atoms with van der Waals surface area (Å²) in [5, 5.41) is 3.63. The molecule has 202 valence electrons. The molecule has 3 aromatic rings. The average Bonchev–Trinajstić information content (AvgIpc) is 3.28. The predicted molar refractivity (Wildman–Crippen MR) is 144 cm³/mol. The van der Waals surface area contributed by atoms with Crippen LogP contribution in [0.1, 0.15) is 40.2 Å². The Hall–Kier alpha value is -2.88. The number of rotatable bonds is 11. The number of carbonyl (C=O) groups excluding carboxylic acids is 1. The highest BCUT2D eigenvalue weighted by atomic mass is 32.2. The van der Waals surface area contributed by atoms with E-state index in [0.29, 0.717) is 17.4 Å². The number of hydrogen-bond donors (Lipinski definition) is 1. The number of fused-ring (bicyclic) bond motifs is 1. The standard InChI is InChI=1S/C28H38N2O6S/c1-20(2)18-30(37(32,33)23-12-13-25-22(17-23)14-15-35-25)19-26(34-6)24(16-21-10-8-7-9-11-21)29-27(31)36-28(3,4)5/h7-15,17,20,24,26H,16,18-19H2,1-6H3,(H,29,31)/t24-,26+/m0/s1. The van der Waals surface area contributed by atoms with Crippen LogP contribution in [0.5, 0.6) is 0 Å². The Labute approximate surface area is 220 Å². The number of alkyl carbamates (subject to hydrolysis) is 1. The van der Waals surface area contributed by atoms with E-state index in [1.165, 1.54) is 17.7 Å². The molecule has 8 nitrogen and oxygen atoms in total. The summed E-state index contributed by atoms with van der Waals surface area (Å²) in [6.45, 7) is 9.64. The Bertz CT molecular complexity index is 1260. The van der Waals surface area contributed by atoms with E-state index in [1.807, 2.05) is 44.2 Å². The maximum absolute atomic E-state index is 13.8. The van der Waals surface area contributed by atoms with Gasteiger partial charge in [-0.05, 0) is 62.9 Å². The molecule has 1 heterocycles. The number of ether oxygens (including phenoxy) is 2. The summed E-state index contributed by atoms with van der Waals surface area (Å²) in [6.07, 6.45) is 0.748. The van der Waals surface area contributed by atoms with E-state index in [9.17, 15) is 13.2 Å². The summed E-state index contributed by atoms with van der Waals surface area (Å²) in [7, 11) is -2.34. The van der Waals surface area contributed by atoms with Gasteiger partial charge < -0.3 is 19.2 Å². The van der Waals surface area contributed by atoms with Crippen molar-refractivity contribution in [3.05, 3.63) is 66.4 Å². The number of hydrogen-bond acceptors (Lipinski definition) is 6. The van der Waals surface area contributed by atoms with Crippen LogP contribution in [0.2, 0.25) is 0 Å². The first kappa shape index (κ1) is 28.7. The normalized spacial score (nSPS) is 14.2. The van der Waals surface area contributed by atoms with Gasteiger partial charge in [0.05, 0.1) is 23.3 Å². The second-order valence-corrected chi connectivity index (χ2v) is 12.5. The van der Waals surface area contributed by atoms with Gasteiger partial charge in [-0.25, -0.2) is 13.2 Å². The molecule has 1 amide bonds. The number of benzene rings is 2. The summed E-state index contributed by atoms with van der Waals surface area (Å²) in [4.78, 5) is 12.9. The lowest BCUT2D eigenvalue weighted by molar-refractivity contribution is 0.0278. The van der Waals surface area contributed by atoms with Gasteiger partial charge in [-0.2, -0.15) is 4.31 Å². The lowest BCUT2D eigenvalue weighted by atomic mass is 10.0. The van der Waals surface area contributed by atoms with Gasteiger partial charge in [0.2, 0.25) is 10.0 Å². The van der Waals surface area contributed by atoms with Crippen LogP contribution in [0.4, 0.5) is 4.79 Å². The largest absolute Gasteiger partial charge is 0.464 e. The van der Waals surface area contributed by atoms with Crippen molar-refractivity contribution in [2.45, 2.75) is 63.7 Å². The van der Waals surface area contributed by atoms with Crippen molar-refractivity contribution in [2.24, 2.45) is 5.92 Å². The topological polar surface area (TPSA) is 98.1 Å². The van der Waals surface area contributed by atoms with Crippen LogP contribution < -0.4 is 5.32 Å². The Morgan fingerprint density at radius 1 is 1.05 bits per heavy atom. The molecule has 0 bridgehead atoms. The van der Waals surface area contributed by atoms with Crippen molar-refractivity contribution in [2.75, 3.05) is 20.2 Å². The lowest BCUT2D eigenvalue weighted by Gasteiger charge is -2.33. The minimum Gasteiger partial charge on any atom is -0.464 e. The smallest absolute Gasteiger partial charge is 0.407 e. The fourth-order valence-electron chi connectivity index (χ4n) is 4.10. The van der Waals surface area contributed by atoms with E-state index in [1.54, 1.807) is 45.0 Å². The molecule has 9 heteroatoms. The summed E-state index contributed by atoms with van der Waals surface area (Å²) in [5.74, 6) is 0.0660. The molecule has 0 aliphatic rings. The highest BCUT2D eigenvalue weighted by Gasteiger charge is 2.33. The van der Waals surface area contributed by atoms with E-state index in [0.717, 1.165) is 5.56 Å². The highest BCUT2D eigenvalue weighted by Crippen LogP contribution is 2.24. The Balaban J connectivity index is 1.92. The second kappa shape index (κ2) is 12.1. The molecular formula is C28H38N2O6S. The van der Waals surface area contributed by atoms with E-state index in [4.69, 9.17) is 13.9 Å². The molecule has 1 aromatic heterocycles. The van der Waals surface area contributed by atoms with E-state index in [2.05, 4.69) is 5.32 Å². The van der Waals surface area contributed by atoms with Crippen LogP contribution in [0.15, 0.2) is 70.2 Å². The number of carbonyl (C=O) groups is 1. The zero-order chi connectivity index (χ0) is 27.2. The van der Waals surface area contributed by atoms with Crippen LogP contribution in [0.25, 0.3) is 11.0 Å². The van der Waals surface area contributed by atoms with Gasteiger partial charge >= 0.3 is 6.09 Å². The van der Waals surface area contributed by atoms with Gasteiger partial charge in [-0.3, -0.25) is 0 Å². The summed E-state index contributed by atoms with van der Waals surface area (Å²) in [6, 6.07) is 15.7. The van der Waals surface area contributed by atoms with E-state index in [-0.39, 0.29) is 23.9 Å². The molecule has 0 saturated heterocycles. The molecule has 2 aromatic carbocycles. The first-order valence-electron chi connectivity index (χ1n) is 12.4. The molecule has 37 heavy (non-hydrogen) atoms. The van der Waals surface area contributed by atoms with Gasteiger partial charge in [0, 0.05) is 25.6 Å². The minimum absolute atomic E-state index is 0.0493. The van der Waals surface area contributed by atoms with Crippen LogP contribution in [-0.2, 0) is 25.9 Å². The van der Waals surface area contributed by atoms with Gasteiger partial charge in [0.25, 0.3) is 0 Å². The fraction of sp³-hybridized carbons (Fsp3) is 0.464. The average molecular weight is 531 g/mol. The molecular weight excluding hydrogens is 492 g/mol. The molecule has 3 rings (SSSR count). The van der Waals surface area contributed by atoms with Crippen molar-refractivity contribution in [3.8, 4) is 0 Å². The number of amides is 1. The van der Waals surface area contributed by atoms with Crippen molar-refractivity contribution < 1.29 is 27.1 Å². The zero-order valence-electron chi connectivity index (χ0n) is 22.4. The van der Waals surface area contributed by atoms with Crippen molar-refractivity contribution in [1.82, 2.24) is 9.62 Å². The van der Waals surface area contributed by atoms with Crippen LogP contribution >= 0.6 is 0 Å². The van der Waals surface area contributed by atoms with E-state index >= 15 is 0 Å². The monoisotopic (exact) mass is 530 g/mol. The minimum atomic E-state index is -3.87. The number of sulfonamides is 1. The van der Waals surface area contributed by atoms with Crippen LogP contribution in [0, 0.1) is 5.92 Å². The SMILES string of the molecule is CO[C@H](CN(CC(C)C)S(=O)(=O)c1ccc2occc2c1)[C@H](Cc1ccccc1)NC(=O)OC(C)(C)C. The third-order valence-corrected chi connectivity index (χ3v) is 7.59. The third-order valence-electron chi connectivity index (χ3n) is 5.77. The highest BCUT2D eigenvalue weighted by molar-refractivity contribution is 7.89. The predicted octanol–water partition coefficient (Wildman–Crippen LogP) is 5.23. The quantitative estimate of drug-likeness (QED) is 0.365. The number of nitrogens with one attached hydrogen (secondary N) is 1. The fourth-order valence-corrected chi connectivity index (χ4v) is 5.75. The Morgan fingerprint density at radius 2 is 1.76 bits per heavy atom. The summed E-state index contributed by atoms with van der Waals surface area (Å²) >= 11 is 0. The van der Waals surface area contributed by atoms with Crippen molar-refractivity contribution in [1.29, 1.82) is 0 Å². The molecule has 0 radical (unpaired) electrons. The second-order valence-electron chi connectivity index (χ2n) is 10.6. The maximum atomic E-state index is 13.8. The molecule has 2 atom stereocenters. The van der Waals surface area contributed by atoms with E-state index < -0.39 is 33.9 Å². The van der Waals surface area contributed by atoms with Gasteiger partial charge in [0.15, 0.2) is 0 Å². The number of furan rings is 1. The van der Waals surface area contributed by atoms with Gasteiger partial charge in [0.1, 0.15) is 11.2 Å². The summed E-state index contributed by atoms with van der Waals surface area (Å²) in [5.41, 5.74) is 0.922. The van der Waals surface area contributed by atoms with Crippen molar-refractivity contribution >= 4 is 27.1 Å². The molecule has 0 aliphatic heterocycles. The van der Waals surface area contributed by atoms with Crippen LogP contribution in [-0.4, -0.2) is 56.8 Å². The summed E-state index contributed by atoms with van der Waals surface area (Å²) < 4.78 is 45.7. The van der Waals surface area contributed by atoms with Gasteiger partial charge in [-0.1, -0.05) is 44.2 Å². The Morgan fingerprint density at radius 3 is 2.38 bits per heavy atom. The zero-order valence-corrected chi connectivity index (χ0v) is 23.2. The number of nitrogens with zero attached hydrogens (tertiary/aromatic N) is 1. The van der Waals surface area contributed by atoms with Crippen molar-refractivity contribution in [3.63, 3.8) is 0 Å². The van der Waals surface area contributed by atoms with Gasteiger partial charge in [-0.15, -0.1) is 0 Å². The molecule has 0 spiro atoms. The molecule has 0 fully saturated rings. The lowest BCUT2D eigenvalue weighted by Crippen LogP contribution is -2.52. The number of methoxy groups -OCH3 is 1. The van der Waals surface area contributed by atoms with Crippen LogP contribution in [0.3, 0.4) is 0 Å². The maximum Gasteiger partial charge on any atom is 0.407 e. The Kier molecular flexibility index (Phi) is 9.39.